The number of pyridine rings is 1. The number of aliphatic hydroxyl groups excluding tert-OH is 1. The zero-order valence-corrected chi connectivity index (χ0v) is 12.4. The van der Waals surface area contributed by atoms with E-state index in [1.165, 1.54) is 18.2 Å². The molecule has 0 saturated heterocycles. The molecule has 1 aromatic carbocycles. The number of aromatic nitrogens is 1. The molecule has 0 atom stereocenters. The summed E-state index contributed by atoms with van der Waals surface area (Å²) in [6.45, 7) is -0.615. The summed E-state index contributed by atoms with van der Waals surface area (Å²) < 4.78 is 39.4. The van der Waals surface area contributed by atoms with E-state index in [2.05, 4.69) is 4.98 Å². The van der Waals surface area contributed by atoms with Gasteiger partial charge in [-0.05, 0) is 23.8 Å². The first-order valence-electron chi connectivity index (χ1n) is 5.56. The van der Waals surface area contributed by atoms with Crippen LogP contribution in [0.3, 0.4) is 0 Å². The largest absolute Gasteiger partial charge is 0.433 e. The van der Waals surface area contributed by atoms with E-state index in [0.717, 1.165) is 6.20 Å². The van der Waals surface area contributed by atoms with Gasteiger partial charge >= 0.3 is 6.18 Å². The Labute approximate surface area is 133 Å². The van der Waals surface area contributed by atoms with Crippen LogP contribution in [0.25, 0.3) is 11.1 Å². The maximum absolute atomic E-state index is 13.1. The molecule has 0 fully saturated rings. The van der Waals surface area contributed by atoms with Crippen LogP contribution in [0.2, 0.25) is 15.1 Å². The average molecular weight is 357 g/mol. The number of halogens is 6. The van der Waals surface area contributed by atoms with Gasteiger partial charge in [-0.15, -0.1) is 0 Å². The zero-order valence-electron chi connectivity index (χ0n) is 10.2. The topological polar surface area (TPSA) is 33.1 Å². The van der Waals surface area contributed by atoms with Gasteiger partial charge in [-0.25, -0.2) is 0 Å². The van der Waals surface area contributed by atoms with Gasteiger partial charge in [0.1, 0.15) is 0 Å². The van der Waals surface area contributed by atoms with Crippen molar-refractivity contribution in [1.82, 2.24) is 4.98 Å². The van der Waals surface area contributed by atoms with Gasteiger partial charge in [-0.3, -0.25) is 4.98 Å². The van der Waals surface area contributed by atoms with E-state index in [4.69, 9.17) is 34.8 Å². The Morgan fingerprint density at radius 3 is 2.10 bits per heavy atom. The molecule has 1 heterocycles. The maximum Gasteiger partial charge on any atom is 0.433 e. The average Bonchev–Trinajstić information content (AvgIpc) is 2.36. The quantitative estimate of drug-likeness (QED) is 0.800. The molecule has 0 amide bonds. The highest BCUT2D eigenvalue weighted by Gasteiger charge is 2.37. The van der Waals surface area contributed by atoms with Crippen molar-refractivity contribution in [3.05, 3.63) is 50.7 Å². The van der Waals surface area contributed by atoms with Gasteiger partial charge in [0.25, 0.3) is 0 Å². The first-order chi connectivity index (χ1) is 9.75. The number of aliphatic hydroxyl groups is 1. The highest BCUT2D eigenvalue weighted by Crippen LogP contribution is 2.44. The summed E-state index contributed by atoms with van der Waals surface area (Å²) in [6.07, 6.45) is -3.75. The van der Waals surface area contributed by atoms with Gasteiger partial charge in [0.05, 0.1) is 16.7 Å². The van der Waals surface area contributed by atoms with Crippen molar-refractivity contribution in [2.45, 2.75) is 12.8 Å². The molecule has 0 spiro atoms. The lowest BCUT2D eigenvalue weighted by molar-refractivity contribution is -0.140. The number of alkyl halides is 3. The fourth-order valence-corrected chi connectivity index (χ4v) is 2.91. The number of benzene rings is 1. The van der Waals surface area contributed by atoms with Crippen LogP contribution in [0.1, 0.15) is 11.3 Å². The SMILES string of the molecule is OCc1ccnc(C(F)(F)F)c1-c1c(Cl)cc(Cl)cc1Cl. The van der Waals surface area contributed by atoms with Crippen LogP contribution in [0, 0.1) is 0 Å². The van der Waals surface area contributed by atoms with Gasteiger partial charge in [0.15, 0.2) is 5.69 Å². The molecule has 2 nitrogen and oxygen atoms in total. The molecule has 0 bridgehead atoms. The molecule has 2 aromatic rings. The van der Waals surface area contributed by atoms with E-state index in [9.17, 15) is 18.3 Å². The van der Waals surface area contributed by atoms with Crippen molar-refractivity contribution in [2.24, 2.45) is 0 Å². The number of nitrogens with zero attached hydrogens (tertiary/aromatic N) is 1. The third-order valence-corrected chi connectivity index (χ3v) is 3.55. The number of rotatable bonds is 2. The predicted octanol–water partition coefficient (Wildman–Crippen LogP) is 5.22. The number of hydrogen-bond donors (Lipinski definition) is 1. The summed E-state index contributed by atoms with van der Waals surface area (Å²) in [5, 5.41) is 9.38. The van der Waals surface area contributed by atoms with Crippen molar-refractivity contribution < 1.29 is 18.3 Å². The molecular weight excluding hydrogens is 350 g/mol. The molecule has 0 radical (unpaired) electrons. The molecular formula is C13H7Cl3F3NO. The molecule has 0 aliphatic heterocycles. The standard InChI is InChI=1S/C13H7Cl3F3NO/c14-7-3-8(15)11(9(16)4-7)10-6(5-21)1-2-20-12(10)13(17,18)19/h1-4,21H,5H2. The van der Waals surface area contributed by atoms with Crippen LogP contribution < -0.4 is 0 Å². The van der Waals surface area contributed by atoms with E-state index in [1.807, 2.05) is 0 Å². The lowest BCUT2D eigenvalue weighted by Crippen LogP contribution is -2.12. The third kappa shape index (κ3) is 3.26. The van der Waals surface area contributed by atoms with Crippen molar-refractivity contribution in [3.63, 3.8) is 0 Å². The van der Waals surface area contributed by atoms with Crippen LogP contribution >= 0.6 is 34.8 Å². The summed E-state index contributed by atoms with van der Waals surface area (Å²) >= 11 is 17.7. The molecule has 8 heteroatoms. The third-order valence-electron chi connectivity index (χ3n) is 2.73. The lowest BCUT2D eigenvalue weighted by atomic mass is 9.98. The Bertz CT molecular complexity index is 666. The first kappa shape index (κ1) is 16.4. The minimum Gasteiger partial charge on any atom is -0.392 e. The Hall–Kier alpha value is -1.01. The van der Waals surface area contributed by atoms with E-state index in [1.54, 1.807) is 0 Å². The van der Waals surface area contributed by atoms with Crippen molar-refractivity contribution >= 4 is 34.8 Å². The minimum atomic E-state index is -4.72. The molecule has 0 saturated carbocycles. The second kappa shape index (κ2) is 6.01. The lowest BCUT2D eigenvalue weighted by Gasteiger charge is -2.17. The van der Waals surface area contributed by atoms with Gasteiger partial charge in [-0.2, -0.15) is 13.2 Å². The van der Waals surface area contributed by atoms with E-state index >= 15 is 0 Å². The van der Waals surface area contributed by atoms with Crippen molar-refractivity contribution in [3.8, 4) is 11.1 Å². The molecule has 1 aromatic heterocycles. The van der Waals surface area contributed by atoms with Gasteiger partial charge in [-0.1, -0.05) is 34.8 Å². The second-order valence-electron chi connectivity index (χ2n) is 4.09. The Morgan fingerprint density at radius 2 is 1.62 bits per heavy atom. The van der Waals surface area contributed by atoms with Crippen molar-refractivity contribution in [2.75, 3.05) is 0 Å². The van der Waals surface area contributed by atoms with E-state index in [0.29, 0.717) is 0 Å². The fourth-order valence-electron chi connectivity index (χ4n) is 1.91. The monoisotopic (exact) mass is 355 g/mol. The molecule has 0 aliphatic carbocycles. The zero-order chi connectivity index (χ0) is 15.8. The molecule has 1 N–H and O–H groups in total. The van der Waals surface area contributed by atoms with Crippen LogP contribution in [0.4, 0.5) is 13.2 Å². The molecule has 112 valence electrons. The van der Waals surface area contributed by atoms with Crippen LogP contribution in [0.5, 0.6) is 0 Å². The van der Waals surface area contributed by atoms with Gasteiger partial charge < -0.3 is 5.11 Å². The summed E-state index contributed by atoms with van der Waals surface area (Å²) in [7, 11) is 0. The second-order valence-corrected chi connectivity index (χ2v) is 5.34. The van der Waals surface area contributed by atoms with Crippen molar-refractivity contribution in [1.29, 1.82) is 0 Å². The Kier molecular flexibility index (Phi) is 4.68. The molecule has 0 unspecified atom stereocenters. The summed E-state index contributed by atoms with van der Waals surface area (Å²) in [5.74, 6) is 0. The predicted molar refractivity (Wildman–Crippen MR) is 75.6 cm³/mol. The van der Waals surface area contributed by atoms with Crippen LogP contribution in [0.15, 0.2) is 24.4 Å². The van der Waals surface area contributed by atoms with E-state index < -0.39 is 18.5 Å². The fraction of sp³-hybridized carbons (Fsp3) is 0.154. The number of hydrogen-bond acceptors (Lipinski definition) is 2. The smallest absolute Gasteiger partial charge is 0.392 e. The van der Waals surface area contributed by atoms with E-state index in [-0.39, 0.29) is 31.8 Å². The maximum atomic E-state index is 13.1. The Morgan fingerprint density at radius 1 is 1.05 bits per heavy atom. The highest BCUT2D eigenvalue weighted by molar-refractivity contribution is 6.41. The van der Waals surface area contributed by atoms with Gasteiger partial charge in [0, 0.05) is 22.3 Å². The summed E-state index contributed by atoms with van der Waals surface area (Å²) in [6, 6.07) is 3.82. The first-order valence-corrected chi connectivity index (χ1v) is 6.70. The van der Waals surface area contributed by atoms with Crippen LogP contribution in [-0.2, 0) is 12.8 Å². The molecule has 21 heavy (non-hydrogen) atoms. The summed E-state index contributed by atoms with van der Waals surface area (Å²) in [4.78, 5) is 3.35. The minimum absolute atomic E-state index is 0.0171. The van der Waals surface area contributed by atoms with Crippen LogP contribution in [-0.4, -0.2) is 10.1 Å². The molecule has 0 aliphatic rings. The highest BCUT2D eigenvalue weighted by atomic mass is 35.5. The molecule has 2 rings (SSSR count). The summed E-state index contributed by atoms with van der Waals surface area (Å²) in [5.41, 5.74) is -1.56. The normalized spacial score (nSPS) is 11.8. The Balaban J connectivity index is 2.86. The van der Waals surface area contributed by atoms with Gasteiger partial charge in [0.2, 0.25) is 0 Å².